The lowest BCUT2D eigenvalue weighted by Gasteiger charge is -2.33. The van der Waals surface area contributed by atoms with Crippen molar-refractivity contribution >= 4 is 5.91 Å². The van der Waals surface area contributed by atoms with Gasteiger partial charge in [-0.25, -0.2) is 0 Å². The predicted molar refractivity (Wildman–Crippen MR) is 53.2 cm³/mol. The van der Waals surface area contributed by atoms with Gasteiger partial charge in [0, 0.05) is 18.5 Å². The zero-order chi connectivity index (χ0) is 9.84. The Morgan fingerprint density at radius 2 is 2.23 bits per heavy atom. The first-order valence-corrected chi connectivity index (χ1v) is 5.13. The highest BCUT2D eigenvalue weighted by atomic mass is 16.1. The van der Waals surface area contributed by atoms with E-state index in [1.807, 2.05) is 6.92 Å². The first-order chi connectivity index (χ1) is 6.08. The van der Waals surface area contributed by atoms with Gasteiger partial charge in [-0.2, -0.15) is 0 Å². The van der Waals surface area contributed by atoms with Gasteiger partial charge in [0.25, 0.3) is 0 Å². The highest BCUT2D eigenvalue weighted by Crippen LogP contribution is 2.26. The van der Waals surface area contributed by atoms with Crippen molar-refractivity contribution in [2.75, 3.05) is 0 Å². The molecule has 0 aromatic rings. The molecule has 3 heteroatoms. The second kappa shape index (κ2) is 4.61. The predicted octanol–water partition coefficient (Wildman–Crippen LogP) is 1.03. The molecule has 0 radical (unpaired) electrons. The molecule has 0 heterocycles. The van der Waals surface area contributed by atoms with Crippen LogP contribution in [0.25, 0.3) is 0 Å². The van der Waals surface area contributed by atoms with Crippen LogP contribution in [-0.4, -0.2) is 18.0 Å². The molecule has 3 nitrogen and oxygen atoms in total. The van der Waals surface area contributed by atoms with Crippen LogP contribution in [0.1, 0.15) is 39.5 Å². The van der Waals surface area contributed by atoms with Crippen molar-refractivity contribution in [3.63, 3.8) is 0 Å². The van der Waals surface area contributed by atoms with E-state index in [0.717, 1.165) is 25.2 Å². The monoisotopic (exact) mass is 184 g/mol. The van der Waals surface area contributed by atoms with Crippen molar-refractivity contribution in [2.45, 2.75) is 51.6 Å². The molecule has 1 unspecified atom stereocenters. The van der Waals surface area contributed by atoms with E-state index in [1.54, 1.807) is 0 Å². The third-order valence-corrected chi connectivity index (χ3v) is 2.57. The molecule has 1 aliphatic carbocycles. The van der Waals surface area contributed by atoms with Crippen LogP contribution in [0.2, 0.25) is 0 Å². The topological polar surface area (TPSA) is 55.1 Å². The number of carbonyl (C=O) groups is 1. The largest absolute Gasteiger partial charge is 0.353 e. The van der Waals surface area contributed by atoms with Crippen LogP contribution in [0.3, 0.4) is 0 Å². The van der Waals surface area contributed by atoms with Gasteiger partial charge in [-0.3, -0.25) is 4.79 Å². The summed E-state index contributed by atoms with van der Waals surface area (Å²) in [5, 5.41) is 3.01. The average Bonchev–Trinajstić information content (AvgIpc) is 1.98. The van der Waals surface area contributed by atoms with E-state index in [2.05, 4.69) is 12.2 Å². The summed E-state index contributed by atoms with van der Waals surface area (Å²) < 4.78 is 0. The molecule has 1 aliphatic rings. The Hall–Kier alpha value is -0.570. The second-order valence-electron chi connectivity index (χ2n) is 4.36. The summed E-state index contributed by atoms with van der Waals surface area (Å²) in [6.45, 7) is 4.14. The number of nitrogens with one attached hydrogen (secondary N) is 1. The van der Waals surface area contributed by atoms with Crippen molar-refractivity contribution in [2.24, 2.45) is 11.7 Å². The summed E-state index contributed by atoms with van der Waals surface area (Å²) in [6, 6.07) is 0.571. The summed E-state index contributed by atoms with van der Waals surface area (Å²) >= 11 is 0. The molecule has 0 aromatic carbocycles. The third kappa shape index (κ3) is 3.77. The van der Waals surface area contributed by atoms with Crippen molar-refractivity contribution < 1.29 is 4.79 Å². The Morgan fingerprint density at radius 3 is 2.69 bits per heavy atom. The zero-order valence-electron chi connectivity index (χ0n) is 8.55. The molecule has 1 rings (SSSR count). The van der Waals surface area contributed by atoms with Crippen LogP contribution in [0.4, 0.5) is 0 Å². The van der Waals surface area contributed by atoms with E-state index in [0.29, 0.717) is 12.5 Å². The molecule has 76 valence electrons. The van der Waals surface area contributed by atoms with Gasteiger partial charge >= 0.3 is 0 Å². The van der Waals surface area contributed by atoms with Gasteiger partial charge in [-0.05, 0) is 32.1 Å². The smallest absolute Gasteiger partial charge is 0.220 e. The lowest BCUT2D eigenvalue weighted by atomic mass is 9.82. The van der Waals surface area contributed by atoms with Crippen molar-refractivity contribution in [3.05, 3.63) is 0 Å². The average molecular weight is 184 g/mol. The fourth-order valence-electron chi connectivity index (χ4n) is 1.68. The molecule has 3 N–H and O–H groups in total. The molecule has 0 aromatic heterocycles. The fraction of sp³-hybridized carbons (Fsp3) is 0.900. The third-order valence-electron chi connectivity index (χ3n) is 2.57. The molecule has 1 saturated carbocycles. The van der Waals surface area contributed by atoms with Crippen LogP contribution in [-0.2, 0) is 4.79 Å². The maximum atomic E-state index is 11.3. The van der Waals surface area contributed by atoms with Crippen molar-refractivity contribution in [1.29, 1.82) is 0 Å². The Morgan fingerprint density at radius 1 is 1.62 bits per heavy atom. The molecule has 0 bridgehead atoms. The Balaban J connectivity index is 2.05. The Bertz CT molecular complexity index is 174. The van der Waals surface area contributed by atoms with Gasteiger partial charge in [-0.15, -0.1) is 0 Å². The summed E-state index contributed by atoms with van der Waals surface area (Å²) in [6.07, 6.45) is 3.64. The highest BCUT2D eigenvalue weighted by Gasteiger charge is 2.26. The minimum Gasteiger partial charge on any atom is -0.353 e. The second-order valence-corrected chi connectivity index (χ2v) is 4.36. The maximum absolute atomic E-state index is 11.3. The van der Waals surface area contributed by atoms with Crippen molar-refractivity contribution in [3.8, 4) is 0 Å². The normalized spacial score (nSPS) is 29.2. The fourth-order valence-corrected chi connectivity index (χ4v) is 1.68. The van der Waals surface area contributed by atoms with Crippen LogP contribution in [0.5, 0.6) is 0 Å². The lowest BCUT2D eigenvalue weighted by molar-refractivity contribution is -0.122. The number of amides is 1. The highest BCUT2D eigenvalue weighted by molar-refractivity contribution is 5.76. The summed E-state index contributed by atoms with van der Waals surface area (Å²) in [5.74, 6) is 0.952. The molecule has 0 spiro atoms. The van der Waals surface area contributed by atoms with Crippen LogP contribution in [0.15, 0.2) is 0 Å². The van der Waals surface area contributed by atoms with Gasteiger partial charge in [0.2, 0.25) is 5.91 Å². The van der Waals surface area contributed by atoms with Gasteiger partial charge in [0.05, 0.1) is 0 Å². The molecular weight excluding hydrogens is 164 g/mol. The first-order valence-electron chi connectivity index (χ1n) is 5.13. The number of nitrogens with two attached hydrogens (primary N) is 1. The Kier molecular flexibility index (Phi) is 3.72. The van der Waals surface area contributed by atoms with Crippen molar-refractivity contribution in [1.82, 2.24) is 5.32 Å². The standard InChI is InChI=1S/C10H20N2O/c1-7-5-9(6-7)12-10(13)4-3-8(2)11/h7-9H,3-6,11H2,1-2H3,(H,12,13). The summed E-state index contributed by atoms with van der Waals surface area (Å²) in [7, 11) is 0. The van der Waals surface area contributed by atoms with E-state index < -0.39 is 0 Å². The van der Waals surface area contributed by atoms with Gasteiger partial charge in [-0.1, -0.05) is 6.92 Å². The van der Waals surface area contributed by atoms with E-state index in [-0.39, 0.29) is 11.9 Å². The molecule has 0 aliphatic heterocycles. The number of carbonyl (C=O) groups excluding carboxylic acids is 1. The summed E-state index contributed by atoms with van der Waals surface area (Å²) in [5.41, 5.74) is 5.56. The first kappa shape index (κ1) is 10.5. The van der Waals surface area contributed by atoms with E-state index in [4.69, 9.17) is 5.73 Å². The van der Waals surface area contributed by atoms with Crippen LogP contribution < -0.4 is 11.1 Å². The molecule has 0 saturated heterocycles. The van der Waals surface area contributed by atoms with Crippen LogP contribution in [0, 0.1) is 5.92 Å². The quantitative estimate of drug-likeness (QED) is 0.685. The van der Waals surface area contributed by atoms with Crippen LogP contribution >= 0.6 is 0 Å². The number of hydrogen-bond acceptors (Lipinski definition) is 2. The van der Waals surface area contributed by atoms with E-state index >= 15 is 0 Å². The van der Waals surface area contributed by atoms with E-state index in [9.17, 15) is 4.79 Å². The Labute approximate surface area is 80.1 Å². The minimum atomic E-state index is 0.131. The molecule has 13 heavy (non-hydrogen) atoms. The van der Waals surface area contributed by atoms with Gasteiger partial charge in [0.15, 0.2) is 0 Å². The lowest BCUT2D eigenvalue weighted by Crippen LogP contribution is -2.43. The molecular formula is C10H20N2O. The zero-order valence-corrected chi connectivity index (χ0v) is 8.55. The molecule has 1 fully saturated rings. The minimum absolute atomic E-state index is 0.131. The van der Waals surface area contributed by atoms with Gasteiger partial charge in [0.1, 0.15) is 0 Å². The molecule has 1 atom stereocenters. The number of hydrogen-bond donors (Lipinski definition) is 2. The summed E-state index contributed by atoms with van der Waals surface area (Å²) in [4.78, 5) is 11.3. The maximum Gasteiger partial charge on any atom is 0.220 e. The molecule has 1 amide bonds. The van der Waals surface area contributed by atoms with E-state index in [1.165, 1.54) is 0 Å². The number of rotatable bonds is 4. The van der Waals surface area contributed by atoms with Gasteiger partial charge < -0.3 is 11.1 Å². The SMILES string of the molecule is CC(N)CCC(=O)NC1CC(C)C1.